The summed E-state index contributed by atoms with van der Waals surface area (Å²) in [5.41, 5.74) is 6.18. The van der Waals surface area contributed by atoms with Crippen LogP contribution in [0.1, 0.15) is 92.8 Å². The van der Waals surface area contributed by atoms with E-state index in [1.54, 1.807) is 24.3 Å². The number of β-amino-alcohol motifs (C(OH)–C–C–N with tert-alkyl or cyclic N) is 1. The van der Waals surface area contributed by atoms with Gasteiger partial charge in [0.1, 0.15) is 23.2 Å². The molecule has 0 radical (unpaired) electrons. The molecule has 2 aliphatic heterocycles. The van der Waals surface area contributed by atoms with E-state index in [-0.39, 0.29) is 48.4 Å². The summed E-state index contributed by atoms with van der Waals surface area (Å²) in [4.78, 5) is 31.3. The average Bonchev–Trinajstić information content (AvgIpc) is 3.87. The summed E-state index contributed by atoms with van der Waals surface area (Å²) in [5.74, 6) is 2.85. The number of halogens is 1. The Morgan fingerprint density at radius 2 is 1.88 bits per heavy atom. The van der Waals surface area contributed by atoms with E-state index < -0.39 is 18.1 Å². The Balaban J connectivity index is 0.858. The number of amides is 2. The Bertz CT molecular complexity index is 2400. The fraction of sp³-hybridized carbons (Fsp3) is 0.432. The van der Waals surface area contributed by atoms with Gasteiger partial charge >= 0.3 is 0 Å². The Morgan fingerprint density at radius 1 is 1.09 bits per heavy atom. The molecule has 12 nitrogen and oxygen atoms in total. The van der Waals surface area contributed by atoms with E-state index in [1.807, 2.05) is 38.1 Å². The van der Waals surface area contributed by atoms with Gasteiger partial charge in [-0.15, -0.1) is 16.6 Å². The molecular weight excluding hydrogens is 742 g/mol. The first-order chi connectivity index (χ1) is 27.5. The maximum atomic E-state index is 14.2. The molecule has 5 aromatic rings. The zero-order valence-corrected chi connectivity index (χ0v) is 32.8. The molecule has 3 atom stereocenters. The molecule has 2 aromatic carbocycles. The van der Waals surface area contributed by atoms with Gasteiger partial charge in [0, 0.05) is 77.9 Å². The average molecular weight is 788 g/mol. The highest BCUT2D eigenvalue weighted by Crippen LogP contribution is 2.58. The third kappa shape index (κ3) is 6.70. The Kier molecular flexibility index (Phi) is 9.48. The molecule has 13 heteroatoms. The Morgan fingerprint density at radius 3 is 2.58 bits per heavy atom. The molecule has 57 heavy (non-hydrogen) atoms. The summed E-state index contributed by atoms with van der Waals surface area (Å²) in [5, 5.41) is 38.0. The molecule has 2 saturated heterocycles. The summed E-state index contributed by atoms with van der Waals surface area (Å²) < 4.78 is 8.38. The van der Waals surface area contributed by atoms with E-state index in [1.165, 1.54) is 17.0 Å². The van der Waals surface area contributed by atoms with Crippen LogP contribution in [0.15, 0.2) is 65.2 Å². The number of hydrogen-bond acceptors (Lipinski definition) is 9. The maximum absolute atomic E-state index is 14.2. The van der Waals surface area contributed by atoms with Crippen LogP contribution in [0.2, 0.25) is 5.02 Å². The van der Waals surface area contributed by atoms with Crippen LogP contribution >= 0.6 is 11.6 Å². The first-order valence-corrected chi connectivity index (χ1v) is 20.3. The quantitative estimate of drug-likeness (QED) is 0.134. The largest absolute Gasteiger partial charge is 0.507 e. The van der Waals surface area contributed by atoms with Gasteiger partial charge in [0.25, 0.3) is 0 Å². The Labute approximate surface area is 336 Å². The molecule has 2 aliphatic carbocycles. The van der Waals surface area contributed by atoms with Crippen LogP contribution in [-0.4, -0.2) is 78.6 Å². The molecule has 3 aromatic heterocycles. The molecule has 1 unspecified atom stereocenters. The van der Waals surface area contributed by atoms with Crippen molar-refractivity contribution >= 4 is 40.3 Å². The molecule has 9 rings (SSSR count). The van der Waals surface area contributed by atoms with E-state index in [0.29, 0.717) is 50.9 Å². The molecule has 4 fully saturated rings. The second kappa shape index (κ2) is 14.5. The standard InChI is InChI=1S/C44H46ClN7O5/c1-4-26-12-13-27(32(45)14-26)21-46-42(55)37-15-30(53)22-51(37)43(56)41(25(2)3)39-18-40(49-57-39)50-23-44(24-50)19-28(20-44)35-17-34-36(52(35)29-8-7-9-29)16-33(47-48-34)31-10-5-6-11-38(31)54/h1,5-6,10-14,16-18,25,28-30,37,41,53-54H,7-9,15,19-24H2,2-3H3,(H,46,55)/t30-,37+,41?/m1/s1. The van der Waals surface area contributed by atoms with Gasteiger partial charge in [0.2, 0.25) is 11.8 Å². The van der Waals surface area contributed by atoms with Crippen molar-refractivity contribution in [1.82, 2.24) is 30.1 Å². The molecule has 2 saturated carbocycles. The van der Waals surface area contributed by atoms with Crippen molar-refractivity contribution in [3.05, 3.63) is 88.3 Å². The number of carbonyl (C=O) groups is 2. The third-order valence-electron chi connectivity index (χ3n) is 12.7. The van der Waals surface area contributed by atoms with Crippen molar-refractivity contribution in [3.8, 4) is 29.4 Å². The van der Waals surface area contributed by atoms with E-state index in [9.17, 15) is 19.8 Å². The number of aromatic hydroxyl groups is 1. The lowest BCUT2D eigenvalue weighted by molar-refractivity contribution is -0.141. The zero-order chi connectivity index (χ0) is 39.6. The maximum Gasteiger partial charge on any atom is 0.243 e. The highest BCUT2D eigenvalue weighted by molar-refractivity contribution is 6.31. The second-order valence-electron chi connectivity index (χ2n) is 16.9. The normalized spacial score (nSPS) is 21.0. The van der Waals surface area contributed by atoms with Crippen LogP contribution in [0.25, 0.3) is 22.3 Å². The number of aromatic nitrogens is 4. The number of aliphatic hydroxyl groups is 1. The first kappa shape index (κ1) is 37.2. The fourth-order valence-electron chi connectivity index (χ4n) is 9.48. The molecule has 2 amide bonds. The molecular formula is C44H46ClN7O5. The predicted octanol–water partition coefficient (Wildman–Crippen LogP) is 6.55. The summed E-state index contributed by atoms with van der Waals surface area (Å²) in [6.07, 6.45) is 10.4. The summed E-state index contributed by atoms with van der Waals surface area (Å²) in [6, 6.07) is 18.2. The van der Waals surface area contributed by atoms with Crippen LogP contribution < -0.4 is 10.2 Å². The van der Waals surface area contributed by atoms with Gasteiger partial charge in [-0.05, 0) is 80.0 Å². The topological polar surface area (TPSA) is 150 Å². The number of likely N-dealkylation sites (tertiary alicyclic amines) is 1. The van der Waals surface area contributed by atoms with Gasteiger partial charge in [-0.3, -0.25) is 9.59 Å². The van der Waals surface area contributed by atoms with E-state index in [4.69, 9.17) is 22.5 Å². The fourth-order valence-corrected chi connectivity index (χ4v) is 9.73. The van der Waals surface area contributed by atoms with E-state index in [0.717, 1.165) is 49.8 Å². The number of nitrogens with one attached hydrogen (secondary N) is 1. The van der Waals surface area contributed by atoms with Gasteiger partial charge in [-0.1, -0.05) is 54.7 Å². The first-order valence-electron chi connectivity index (χ1n) is 19.9. The number of terminal acetylenes is 1. The van der Waals surface area contributed by atoms with Crippen molar-refractivity contribution in [2.45, 2.75) is 88.9 Å². The van der Waals surface area contributed by atoms with E-state index >= 15 is 0 Å². The summed E-state index contributed by atoms with van der Waals surface area (Å²) >= 11 is 6.37. The second-order valence-corrected chi connectivity index (χ2v) is 17.3. The number of para-hydroxylation sites is 1. The lowest BCUT2D eigenvalue weighted by atomic mass is 9.57. The van der Waals surface area contributed by atoms with Crippen molar-refractivity contribution < 1.29 is 24.3 Å². The van der Waals surface area contributed by atoms with E-state index in [2.05, 4.69) is 48.2 Å². The Hall–Kier alpha value is -5.38. The number of nitrogens with zero attached hydrogens (tertiary/aromatic N) is 6. The number of benzene rings is 2. The van der Waals surface area contributed by atoms with Crippen LogP contribution in [0.5, 0.6) is 5.75 Å². The molecule has 0 bridgehead atoms. The number of carbonyl (C=O) groups excluding carboxylic acids is 2. The molecule has 3 N–H and O–H groups in total. The van der Waals surface area contributed by atoms with Gasteiger partial charge < -0.3 is 34.4 Å². The molecule has 294 valence electrons. The zero-order valence-electron chi connectivity index (χ0n) is 32.1. The van der Waals surface area contributed by atoms with Crippen molar-refractivity contribution in [2.75, 3.05) is 24.5 Å². The highest BCUT2D eigenvalue weighted by atomic mass is 35.5. The minimum atomic E-state index is -0.837. The molecule has 1 spiro atoms. The summed E-state index contributed by atoms with van der Waals surface area (Å²) in [7, 11) is 0. The number of phenols is 1. The number of anilines is 1. The number of rotatable bonds is 10. The minimum absolute atomic E-state index is 0.0542. The van der Waals surface area contributed by atoms with Crippen LogP contribution in [0.3, 0.4) is 0 Å². The van der Waals surface area contributed by atoms with Crippen LogP contribution in [0.4, 0.5) is 5.82 Å². The summed E-state index contributed by atoms with van der Waals surface area (Å²) in [6.45, 7) is 5.82. The van der Waals surface area contributed by atoms with Gasteiger partial charge in [0.15, 0.2) is 11.6 Å². The lowest BCUT2D eigenvalue weighted by Gasteiger charge is -2.59. The predicted molar refractivity (Wildman–Crippen MR) is 216 cm³/mol. The lowest BCUT2D eigenvalue weighted by Crippen LogP contribution is -2.62. The number of hydrogen-bond donors (Lipinski definition) is 3. The van der Waals surface area contributed by atoms with Crippen molar-refractivity contribution in [2.24, 2.45) is 11.3 Å². The molecule has 4 aliphatic rings. The number of aliphatic hydroxyl groups excluding tert-OH is 1. The van der Waals surface area contributed by atoms with Crippen LogP contribution in [0, 0.1) is 23.7 Å². The van der Waals surface area contributed by atoms with Crippen molar-refractivity contribution in [3.63, 3.8) is 0 Å². The van der Waals surface area contributed by atoms with Gasteiger partial charge in [0.05, 0.1) is 17.3 Å². The smallest absolute Gasteiger partial charge is 0.243 e. The van der Waals surface area contributed by atoms with Gasteiger partial charge in [-0.2, -0.15) is 0 Å². The highest BCUT2D eigenvalue weighted by Gasteiger charge is 2.54. The van der Waals surface area contributed by atoms with Crippen LogP contribution in [-0.2, 0) is 16.1 Å². The number of fused-ring (bicyclic) bond motifs is 1. The number of phenolic OH excluding ortho intramolecular Hbond substituents is 1. The van der Waals surface area contributed by atoms with Gasteiger partial charge in [-0.25, -0.2) is 0 Å². The molecule has 5 heterocycles. The minimum Gasteiger partial charge on any atom is -0.507 e. The third-order valence-corrected chi connectivity index (χ3v) is 13.0. The monoisotopic (exact) mass is 787 g/mol. The van der Waals surface area contributed by atoms with Crippen molar-refractivity contribution in [1.29, 1.82) is 0 Å². The SMILES string of the molecule is C#Cc1ccc(CNC(=O)[C@@H]2C[C@@H](O)CN2C(=O)C(c2cc(N3CC4(CC(c5cc6nnc(-c7ccccc7O)cc6n5C5CCC5)C4)C3)no2)C(C)C)c(Cl)c1.